The summed E-state index contributed by atoms with van der Waals surface area (Å²) in [5.41, 5.74) is 0. The van der Waals surface area contributed by atoms with E-state index in [9.17, 15) is 15.0 Å². The van der Waals surface area contributed by atoms with Crippen molar-refractivity contribution >= 4 is 5.91 Å². The number of carbonyl (C=O) groups is 1. The Hall–Kier alpha value is -0.870. The number of rotatable bonds is 49. The molecule has 0 saturated carbocycles. The standard InChI is InChI=1S/C53H105NO3/c1-3-5-7-9-11-13-15-17-19-21-22-23-24-25-26-27-28-29-30-31-32-33-34-36-38-40-42-44-46-48-52(56)51(50-55)54-53(57)49-47-45-43-41-39-37-35-20-18-16-14-12-10-8-6-4-2/h20,35,51-52,55-56H,3-19,21-34,36-50H2,1-2H3,(H,54,57)/b35-20-. The van der Waals surface area contributed by atoms with Crippen LogP contribution in [0, 0.1) is 0 Å². The van der Waals surface area contributed by atoms with Crippen LogP contribution in [0.1, 0.15) is 303 Å². The molecular formula is C53H105NO3. The lowest BCUT2D eigenvalue weighted by Crippen LogP contribution is -2.45. The molecule has 4 nitrogen and oxygen atoms in total. The van der Waals surface area contributed by atoms with E-state index in [1.807, 2.05) is 0 Å². The first kappa shape index (κ1) is 56.1. The van der Waals surface area contributed by atoms with Crippen molar-refractivity contribution in [3.05, 3.63) is 12.2 Å². The SMILES string of the molecule is CCCCCCCCC/C=C\CCCCCCCC(=O)NC(CO)C(O)CCCCCCCCCCCCCCCCCCCCCCCCCCCCCCC. The van der Waals surface area contributed by atoms with Gasteiger partial charge in [0.15, 0.2) is 0 Å². The van der Waals surface area contributed by atoms with Gasteiger partial charge in [-0.15, -0.1) is 0 Å². The average molecular weight is 804 g/mol. The molecule has 0 rings (SSSR count). The van der Waals surface area contributed by atoms with Crippen molar-refractivity contribution in [2.45, 2.75) is 315 Å². The Bertz CT molecular complexity index is 784. The van der Waals surface area contributed by atoms with Crippen LogP contribution in [0.4, 0.5) is 0 Å². The second kappa shape index (κ2) is 49.5. The quantitative estimate of drug-likeness (QED) is 0.0424. The van der Waals surface area contributed by atoms with Crippen molar-refractivity contribution in [2.75, 3.05) is 6.61 Å². The van der Waals surface area contributed by atoms with Crippen LogP contribution in [-0.2, 0) is 4.79 Å². The normalized spacial score (nSPS) is 12.8. The smallest absolute Gasteiger partial charge is 0.220 e. The fourth-order valence-corrected chi connectivity index (χ4v) is 8.48. The summed E-state index contributed by atoms with van der Waals surface area (Å²) in [7, 11) is 0. The van der Waals surface area contributed by atoms with E-state index in [4.69, 9.17) is 0 Å². The minimum Gasteiger partial charge on any atom is -0.394 e. The van der Waals surface area contributed by atoms with Gasteiger partial charge in [-0.05, 0) is 38.5 Å². The van der Waals surface area contributed by atoms with E-state index >= 15 is 0 Å². The Morgan fingerprint density at radius 3 is 0.965 bits per heavy atom. The highest BCUT2D eigenvalue weighted by atomic mass is 16.3. The van der Waals surface area contributed by atoms with Gasteiger partial charge in [-0.1, -0.05) is 270 Å². The predicted molar refractivity (Wildman–Crippen MR) is 253 cm³/mol. The highest BCUT2D eigenvalue weighted by Gasteiger charge is 2.20. The maximum atomic E-state index is 12.4. The summed E-state index contributed by atoms with van der Waals surface area (Å²) in [6.45, 7) is 4.38. The monoisotopic (exact) mass is 804 g/mol. The largest absolute Gasteiger partial charge is 0.394 e. The summed E-state index contributed by atoms with van der Waals surface area (Å²) in [4.78, 5) is 12.4. The van der Waals surface area contributed by atoms with Gasteiger partial charge in [0, 0.05) is 6.42 Å². The highest BCUT2D eigenvalue weighted by Crippen LogP contribution is 2.18. The van der Waals surface area contributed by atoms with E-state index in [1.54, 1.807) is 0 Å². The van der Waals surface area contributed by atoms with Crippen molar-refractivity contribution in [1.82, 2.24) is 5.32 Å². The van der Waals surface area contributed by atoms with E-state index in [1.165, 1.54) is 250 Å². The molecule has 340 valence electrons. The van der Waals surface area contributed by atoms with Crippen LogP contribution < -0.4 is 5.32 Å². The minimum atomic E-state index is -0.660. The molecule has 0 bridgehead atoms. The second-order valence-corrected chi connectivity index (χ2v) is 18.3. The number of allylic oxidation sites excluding steroid dienone is 2. The number of aliphatic hydroxyl groups excluding tert-OH is 2. The zero-order valence-corrected chi connectivity index (χ0v) is 39.1. The van der Waals surface area contributed by atoms with Gasteiger partial charge in [-0.3, -0.25) is 4.79 Å². The molecule has 57 heavy (non-hydrogen) atoms. The Morgan fingerprint density at radius 1 is 0.404 bits per heavy atom. The van der Waals surface area contributed by atoms with Crippen molar-refractivity contribution in [3.8, 4) is 0 Å². The lowest BCUT2D eigenvalue weighted by molar-refractivity contribution is -0.123. The molecule has 2 unspecified atom stereocenters. The zero-order valence-electron chi connectivity index (χ0n) is 39.1. The first-order chi connectivity index (χ1) is 28.2. The van der Waals surface area contributed by atoms with Gasteiger partial charge in [-0.2, -0.15) is 0 Å². The Morgan fingerprint density at radius 2 is 0.667 bits per heavy atom. The highest BCUT2D eigenvalue weighted by molar-refractivity contribution is 5.76. The maximum absolute atomic E-state index is 12.4. The first-order valence-corrected chi connectivity index (χ1v) is 26.4. The van der Waals surface area contributed by atoms with Gasteiger partial charge in [-0.25, -0.2) is 0 Å². The number of hydrogen-bond donors (Lipinski definition) is 3. The Kier molecular flexibility index (Phi) is 48.7. The second-order valence-electron chi connectivity index (χ2n) is 18.3. The summed E-state index contributed by atoms with van der Waals surface area (Å²) in [6.07, 6.45) is 63.3. The van der Waals surface area contributed by atoms with Crippen LogP contribution in [-0.4, -0.2) is 34.9 Å². The van der Waals surface area contributed by atoms with Gasteiger partial charge in [0.05, 0.1) is 18.8 Å². The molecule has 4 heteroatoms. The Balaban J connectivity index is 3.41. The van der Waals surface area contributed by atoms with Crippen LogP contribution >= 0.6 is 0 Å². The van der Waals surface area contributed by atoms with Crippen LogP contribution in [0.3, 0.4) is 0 Å². The van der Waals surface area contributed by atoms with Crippen LogP contribution in [0.2, 0.25) is 0 Å². The topological polar surface area (TPSA) is 69.6 Å². The molecule has 0 fully saturated rings. The van der Waals surface area contributed by atoms with E-state index in [0.29, 0.717) is 12.8 Å². The average Bonchev–Trinajstić information content (AvgIpc) is 3.22. The number of carbonyl (C=O) groups excluding carboxylic acids is 1. The molecule has 1 amide bonds. The van der Waals surface area contributed by atoms with Gasteiger partial charge in [0.2, 0.25) is 5.91 Å². The molecular weight excluding hydrogens is 699 g/mol. The molecule has 0 aliphatic carbocycles. The summed E-state index contributed by atoms with van der Waals surface area (Å²) < 4.78 is 0. The first-order valence-electron chi connectivity index (χ1n) is 26.4. The van der Waals surface area contributed by atoms with E-state index in [0.717, 1.165) is 25.7 Å². The third-order valence-electron chi connectivity index (χ3n) is 12.5. The molecule has 0 aliphatic heterocycles. The van der Waals surface area contributed by atoms with Crippen molar-refractivity contribution in [1.29, 1.82) is 0 Å². The van der Waals surface area contributed by atoms with Gasteiger partial charge in [0.1, 0.15) is 0 Å². The summed E-state index contributed by atoms with van der Waals surface area (Å²) >= 11 is 0. The number of hydrogen-bond acceptors (Lipinski definition) is 3. The lowest BCUT2D eigenvalue weighted by atomic mass is 10.0. The fourth-order valence-electron chi connectivity index (χ4n) is 8.48. The Labute approximate surface area is 358 Å². The van der Waals surface area contributed by atoms with Crippen LogP contribution in [0.25, 0.3) is 0 Å². The van der Waals surface area contributed by atoms with E-state index in [-0.39, 0.29) is 12.5 Å². The third kappa shape index (κ3) is 46.1. The zero-order chi connectivity index (χ0) is 41.4. The molecule has 0 heterocycles. The van der Waals surface area contributed by atoms with Crippen LogP contribution in [0.15, 0.2) is 12.2 Å². The molecule has 3 N–H and O–H groups in total. The number of unbranched alkanes of at least 4 members (excludes halogenated alkanes) is 40. The van der Waals surface area contributed by atoms with Crippen molar-refractivity contribution < 1.29 is 15.0 Å². The molecule has 0 spiro atoms. The number of amides is 1. The third-order valence-corrected chi connectivity index (χ3v) is 12.5. The molecule has 0 aromatic rings. The lowest BCUT2D eigenvalue weighted by Gasteiger charge is -2.22. The maximum Gasteiger partial charge on any atom is 0.220 e. The van der Waals surface area contributed by atoms with Crippen molar-refractivity contribution in [3.63, 3.8) is 0 Å². The van der Waals surface area contributed by atoms with Crippen molar-refractivity contribution in [2.24, 2.45) is 0 Å². The van der Waals surface area contributed by atoms with Gasteiger partial charge < -0.3 is 15.5 Å². The molecule has 0 saturated heterocycles. The number of aliphatic hydroxyl groups is 2. The molecule has 2 atom stereocenters. The van der Waals surface area contributed by atoms with Crippen LogP contribution in [0.5, 0.6) is 0 Å². The predicted octanol–water partition coefficient (Wildman–Crippen LogP) is 17.0. The number of nitrogens with one attached hydrogen (secondary N) is 1. The molecule has 0 radical (unpaired) electrons. The van der Waals surface area contributed by atoms with E-state index in [2.05, 4.69) is 31.3 Å². The molecule has 0 aromatic carbocycles. The summed E-state index contributed by atoms with van der Waals surface area (Å²) in [6, 6.07) is -0.538. The van der Waals surface area contributed by atoms with Gasteiger partial charge >= 0.3 is 0 Å². The van der Waals surface area contributed by atoms with E-state index < -0.39 is 12.1 Å². The fraction of sp³-hybridized carbons (Fsp3) is 0.943. The summed E-state index contributed by atoms with van der Waals surface area (Å²) in [5, 5.41) is 23.3. The summed E-state index contributed by atoms with van der Waals surface area (Å²) in [5.74, 6) is -0.0352. The molecule has 0 aliphatic rings. The molecule has 0 aromatic heterocycles. The van der Waals surface area contributed by atoms with Gasteiger partial charge in [0.25, 0.3) is 0 Å². The minimum absolute atomic E-state index is 0.0352.